The molecule has 0 radical (unpaired) electrons. The van der Waals surface area contributed by atoms with Gasteiger partial charge < -0.3 is 0 Å². The van der Waals surface area contributed by atoms with E-state index in [1.54, 1.807) is 6.07 Å². The Morgan fingerprint density at radius 3 is 2.30 bits per heavy atom. The molecule has 0 aliphatic carbocycles. The van der Waals surface area contributed by atoms with Crippen LogP contribution in [0.4, 0.5) is 8.78 Å². The summed E-state index contributed by atoms with van der Waals surface area (Å²) in [6.45, 7) is 8.62. The van der Waals surface area contributed by atoms with E-state index in [1.165, 1.54) is 0 Å². The van der Waals surface area contributed by atoms with Gasteiger partial charge >= 0.3 is 0 Å². The van der Waals surface area contributed by atoms with Gasteiger partial charge in [-0.1, -0.05) is 20.8 Å². The van der Waals surface area contributed by atoms with Crippen molar-refractivity contribution in [3.63, 3.8) is 0 Å². The fourth-order valence-electron chi connectivity index (χ4n) is 4.71. The van der Waals surface area contributed by atoms with Gasteiger partial charge in [-0.15, -0.1) is 0 Å². The highest BCUT2D eigenvalue weighted by Crippen LogP contribution is 2.52. The molecule has 0 saturated carbocycles. The molecule has 1 aliphatic heterocycles. The third-order valence-electron chi connectivity index (χ3n) is 6.14. The Balaban J connectivity index is 2.50. The summed E-state index contributed by atoms with van der Waals surface area (Å²) in [6.07, 6.45) is 4.61. The highest BCUT2D eigenvalue weighted by atomic mass is 19.1. The summed E-state index contributed by atoms with van der Waals surface area (Å²) < 4.78 is 31.0. The van der Waals surface area contributed by atoms with Crippen molar-refractivity contribution in [2.24, 2.45) is 0 Å². The number of aromatic nitrogens is 1. The monoisotopic (exact) mass is 316 g/mol. The van der Waals surface area contributed by atoms with Gasteiger partial charge in [0.2, 0.25) is 5.69 Å². The minimum atomic E-state index is -0.490. The third kappa shape index (κ3) is 1.92. The van der Waals surface area contributed by atoms with E-state index in [1.807, 2.05) is 24.4 Å². The number of hydrogen-bond acceptors (Lipinski definition) is 0. The van der Waals surface area contributed by atoms with Crippen molar-refractivity contribution in [2.45, 2.75) is 57.9 Å². The second kappa shape index (κ2) is 5.40. The molecule has 1 aromatic carbocycles. The summed E-state index contributed by atoms with van der Waals surface area (Å²) in [5.74, 6) is -0.959. The van der Waals surface area contributed by atoms with Crippen LogP contribution in [-0.2, 0) is 11.0 Å². The standard InChI is InChI=1S/C20H24F2N/c1-5-19(4)20(6-2,7-3)15-12-14(21)13-16(22)18(15)17-10-8-9-11-23(17)19/h8-13H,5-7H2,1-4H3/q+1. The topological polar surface area (TPSA) is 3.88 Å². The Hall–Kier alpha value is -1.77. The zero-order valence-electron chi connectivity index (χ0n) is 14.3. The van der Waals surface area contributed by atoms with Crippen molar-refractivity contribution >= 4 is 0 Å². The number of fused-ring (bicyclic) bond motifs is 3. The van der Waals surface area contributed by atoms with Crippen LogP contribution in [0.15, 0.2) is 36.5 Å². The van der Waals surface area contributed by atoms with Crippen molar-refractivity contribution in [1.82, 2.24) is 0 Å². The van der Waals surface area contributed by atoms with Gasteiger partial charge in [0.05, 0.1) is 11.0 Å². The SMILES string of the molecule is CCC1(CC)c2cc(F)cc(F)c2-c2cccc[n+]2C1(C)CC. The van der Waals surface area contributed by atoms with Crippen LogP contribution in [0, 0.1) is 11.6 Å². The fraction of sp³-hybridized carbons (Fsp3) is 0.450. The van der Waals surface area contributed by atoms with Crippen LogP contribution in [0.5, 0.6) is 0 Å². The number of hydrogen-bond donors (Lipinski definition) is 0. The molecule has 1 unspecified atom stereocenters. The summed E-state index contributed by atoms with van der Waals surface area (Å²) in [6, 6.07) is 8.39. The molecule has 1 aromatic heterocycles. The molecule has 3 heteroatoms. The fourth-order valence-corrected chi connectivity index (χ4v) is 4.71. The number of pyridine rings is 1. The molecule has 0 fully saturated rings. The Bertz CT molecular complexity index is 749. The molecule has 0 spiro atoms. The highest BCUT2D eigenvalue weighted by Gasteiger charge is 2.58. The largest absolute Gasteiger partial charge is 0.216 e. The first-order valence-electron chi connectivity index (χ1n) is 8.46. The normalized spacial score (nSPS) is 21.7. The van der Waals surface area contributed by atoms with E-state index in [0.29, 0.717) is 5.56 Å². The molecule has 1 aliphatic rings. The zero-order chi connectivity index (χ0) is 16.8. The van der Waals surface area contributed by atoms with Gasteiger partial charge in [-0.2, -0.15) is 4.57 Å². The average Bonchev–Trinajstić information content (AvgIpc) is 2.55. The van der Waals surface area contributed by atoms with Gasteiger partial charge in [-0.05, 0) is 30.5 Å². The zero-order valence-corrected chi connectivity index (χ0v) is 14.3. The molecular weight excluding hydrogens is 292 g/mol. The van der Waals surface area contributed by atoms with Crippen molar-refractivity contribution in [1.29, 1.82) is 0 Å². The first-order valence-corrected chi connectivity index (χ1v) is 8.46. The minimum absolute atomic E-state index is 0.222. The van der Waals surface area contributed by atoms with E-state index < -0.39 is 11.6 Å². The molecule has 0 N–H and O–H groups in total. The highest BCUT2D eigenvalue weighted by molar-refractivity contribution is 5.66. The van der Waals surface area contributed by atoms with Gasteiger partial charge in [0.15, 0.2) is 11.7 Å². The van der Waals surface area contributed by atoms with E-state index in [-0.39, 0.29) is 11.0 Å². The molecule has 2 heterocycles. The summed E-state index contributed by atoms with van der Waals surface area (Å²) in [5, 5.41) is 0. The predicted molar refractivity (Wildman–Crippen MR) is 88.2 cm³/mol. The van der Waals surface area contributed by atoms with Gasteiger partial charge in [0, 0.05) is 31.5 Å². The quantitative estimate of drug-likeness (QED) is 0.692. The first-order chi connectivity index (χ1) is 10.9. The van der Waals surface area contributed by atoms with Crippen LogP contribution in [0.3, 0.4) is 0 Å². The smallest absolute Gasteiger partial charge is 0.207 e. The molecule has 122 valence electrons. The van der Waals surface area contributed by atoms with Crippen LogP contribution in [0.25, 0.3) is 11.3 Å². The first kappa shape index (κ1) is 16.1. The van der Waals surface area contributed by atoms with E-state index in [2.05, 4.69) is 32.3 Å². The maximum absolute atomic E-state index is 14.7. The van der Waals surface area contributed by atoms with Gasteiger partial charge in [0.25, 0.3) is 0 Å². The molecule has 1 atom stereocenters. The van der Waals surface area contributed by atoms with Crippen LogP contribution in [0.2, 0.25) is 0 Å². The molecule has 0 bridgehead atoms. The second-order valence-corrected chi connectivity index (χ2v) is 6.68. The van der Waals surface area contributed by atoms with Crippen LogP contribution in [-0.4, -0.2) is 0 Å². The summed E-state index contributed by atoms with van der Waals surface area (Å²) >= 11 is 0. The molecular formula is C20H24F2N+. The third-order valence-corrected chi connectivity index (χ3v) is 6.14. The Morgan fingerprint density at radius 2 is 1.70 bits per heavy atom. The molecule has 2 aromatic rings. The minimum Gasteiger partial charge on any atom is -0.207 e. The van der Waals surface area contributed by atoms with Crippen LogP contribution in [0.1, 0.15) is 52.5 Å². The van der Waals surface area contributed by atoms with Gasteiger partial charge in [-0.25, -0.2) is 8.78 Å². The summed E-state index contributed by atoms with van der Waals surface area (Å²) in [5.41, 5.74) is 1.69. The molecule has 0 saturated heterocycles. The van der Waals surface area contributed by atoms with Crippen LogP contribution >= 0.6 is 0 Å². The van der Waals surface area contributed by atoms with Gasteiger partial charge in [0.1, 0.15) is 11.6 Å². The maximum atomic E-state index is 14.7. The lowest BCUT2D eigenvalue weighted by molar-refractivity contribution is -0.766. The molecule has 0 amide bonds. The second-order valence-electron chi connectivity index (χ2n) is 6.68. The lowest BCUT2D eigenvalue weighted by Gasteiger charge is -2.47. The molecule has 23 heavy (non-hydrogen) atoms. The van der Waals surface area contributed by atoms with Crippen molar-refractivity contribution < 1.29 is 13.3 Å². The van der Waals surface area contributed by atoms with Crippen molar-refractivity contribution in [2.75, 3.05) is 0 Å². The summed E-state index contributed by atoms with van der Waals surface area (Å²) in [4.78, 5) is 0. The van der Waals surface area contributed by atoms with Crippen LogP contribution < -0.4 is 4.57 Å². The van der Waals surface area contributed by atoms with Crippen molar-refractivity contribution in [3.05, 3.63) is 53.7 Å². The Morgan fingerprint density at radius 1 is 1.00 bits per heavy atom. The van der Waals surface area contributed by atoms with E-state index >= 15 is 0 Å². The predicted octanol–water partition coefficient (Wildman–Crippen LogP) is 5.12. The Labute approximate surface area is 137 Å². The number of benzene rings is 1. The van der Waals surface area contributed by atoms with E-state index in [4.69, 9.17) is 0 Å². The Kier molecular flexibility index (Phi) is 3.78. The van der Waals surface area contributed by atoms with Gasteiger partial charge in [-0.3, -0.25) is 0 Å². The molecule has 1 nitrogen and oxygen atoms in total. The van der Waals surface area contributed by atoms with Crippen molar-refractivity contribution in [3.8, 4) is 11.3 Å². The lowest BCUT2D eigenvalue weighted by atomic mass is 9.58. The number of nitrogens with zero attached hydrogens (tertiary/aromatic N) is 1. The van der Waals surface area contributed by atoms with E-state index in [0.717, 1.165) is 36.6 Å². The molecule has 3 rings (SSSR count). The average molecular weight is 316 g/mol. The lowest BCUT2D eigenvalue weighted by Crippen LogP contribution is -2.68. The summed E-state index contributed by atoms with van der Waals surface area (Å²) in [7, 11) is 0. The number of halogens is 2. The number of rotatable bonds is 3. The maximum Gasteiger partial charge on any atom is 0.216 e. The van der Waals surface area contributed by atoms with E-state index in [9.17, 15) is 8.78 Å².